The van der Waals surface area contributed by atoms with E-state index in [1.807, 2.05) is 6.07 Å². The Hall–Kier alpha value is -2.40. The van der Waals surface area contributed by atoms with Crippen LogP contribution in [0.4, 0.5) is 0 Å². The maximum atomic E-state index is 11.7. The fraction of sp³-hybridized carbons (Fsp3) is 0.357. The van der Waals surface area contributed by atoms with Crippen molar-refractivity contribution in [2.75, 3.05) is 18.1 Å². The van der Waals surface area contributed by atoms with E-state index >= 15 is 0 Å². The van der Waals surface area contributed by atoms with E-state index in [2.05, 4.69) is 5.32 Å². The Labute approximate surface area is 127 Å². The quantitative estimate of drug-likeness (QED) is 0.782. The molecule has 1 unspecified atom stereocenters. The number of benzene rings is 1. The Morgan fingerprint density at radius 3 is 2.55 bits per heavy atom. The van der Waals surface area contributed by atoms with Crippen molar-refractivity contribution < 1.29 is 22.7 Å². The number of ether oxygens (including phenoxy) is 1. The summed E-state index contributed by atoms with van der Waals surface area (Å²) in [6.07, 6.45) is 0.373. The van der Waals surface area contributed by atoms with E-state index in [1.165, 1.54) is 24.3 Å². The van der Waals surface area contributed by atoms with Gasteiger partial charge in [-0.1, -0.05) is 0 Å². The number of hydrogen-bond acceptors (Lipinski definition) is 6. The Morgan fingerprint density at radius 1 is 1.32 bits per heavy atom. The zero-order valence-corrected chi connectivity index (χ0v) is 12.4. The second-order valence-electron chi connectivity index (χ2n) is 4.93. The molecule has 1 atom stereocenters. The summed E-state index contributed by atoms with van der Waals surface area (Å²) in [7, 11) is -3.07. The number of hydrogen-bond donors (Lipinski definition) is 1. The number of sulfone groups is 1. The number of nitrogens with one attached hydrogen (secondary N) is 1. The number of nitrogens with zero attached hydrogens (tertiary/aromatic N) is 1. The lowest BCUT2D eigenvalue weighted by Crippen LogP contribution is -2.38. The average Bonchev–Trinajstić information content (AvgIpc) is 2.83. The van der Waals surface area contributed by atoms with Gasteiger partial charge in [0.2, 0.25) is 0 Å². The third-order valence-corrected chi connectivity index (χ3v) is 4.95. The zero-order chi connectivity index (χ0) is 16.2. The molecular formula is C14H14N2O5S. The van der Waals surface area contributed by atoms with Gasteiger partial charge in [-0.3, -0.25) is 4.79 Å². The predicted octanol–water partition coefficient (Wildman–Crippen LogP) is 0.0184. The Bertz CT molecular complexity index is 719. The SMILES string of the molecule is N#Cc1ccc(C(=O)OCC(=O)NC2CCS(=O)(=O)C2)cc1. The van der Waals surface area contributed by atoms with Gasteiger partial charge in [0, 0.05) is 6.04 Å². The van der Waals surface area contributed by atoms with Crippen LogP contribution in [0.1, 0.15) is 22.3 Å². The van der Waals surface area contributed by atoms with Crippen molar-refractivity contribution in [3.63, 3.8) is 0 Å². The molecule has 2 rings (SSSR count). The summed E-state index contributed by atoms with van der Waals surface area (Å²) in [5.41, 5.74) is 0.645. The van der Waals surface area contributed by atoms with Crippen molar-refractivity contribution in [1.82, 2.24) is 5.32 Å². The van der Waals surface area contributed by atoms with Gasteiger partial charge in [0.15, 0.2) is 16.4 Å². The smallest absolute Gasteiger partial charge is 0.338 e. The van der Waals surface area contributed by atoms with Crippen LogP contribution in [0.5, 0.6) is 0 Å². The van der Waals surface area contributed by atoms with Crippen molar-refractivity contribution in [2.45, 2.75) is 12.5 Å². The van der Waals surface area contributed by atoms with E-state index in [9.17, 15) is 18.0 Å². The maximum Gasteiger partial charge on any atom is 0.338 e. The largest absolute Gasteiger partial charge is 0.452 e. The van der Waals surface area contributed by atoms with Gasteiger partial charge in [-0.05, 0) is 30.7 Å². The van der Waals surface area contributed by atoms with Crippen LogP contribution < -0.4 is 5.32 Å². The van der Waals surface area contributed by atoms with Gasteiger partial charge in [0.1, 0.15) is 0 Å². The fourth-order valence-electron chi connectivity index (χ4n) is 2.07. The average molecular weight is 322 g/mol. The molecule has 116 valence electrons. The minimum atomic E-state index is -3.07. The number of nitriles is 1. The molecule has 0 bridgehead atoms. The van der Waals surface area contributed by atoms with E-state index in [-0.39, 0.29) is 17.1 Å². The van der Waals surface area contributed by atoms with Gasteiger partial charge in [-0.25, -0.2) is 13.2 Å². The zero-order valence-electron chi connectivity index (χ0n) is 11.6. The molecule has 1 aliphatic heterocycles. The highest BCUT2D eigenvalue weighted by atomic mass is 32.2. The van der Waals surface area contributed by atoms with Crippen LogP contribution in [0.3, 0.4) is 0 Å². The summed E-state index contributed by atoms with van der Waals surface area (Å²) in [5.74, 6) is -1.24. The molecule has 0 saturated carbocycles. The third-order valence-electron chi connectivity index (χ3n) is 3.18. The topological polar surface area (TPSA) is 113 Å². The predicted molar refractivity (Wildman–Crippen MR) is 76.6 cm³/mol. The highest BCUT2D eigenvalue weighted by Gasteiger charge is 2.29. The normalized spacial score (nSPS) is 19.1. The third kappa shape index (κ3) is 4.30. The van der Waals surface area contributed by atoms with Crippen molar-refractivity contribution in [1.29, 1.82) is 5.26 Å². The first-order valence-corrected chi connectivity index (χ1v) is 8.39. The van der Waals surface area contributed by atoms with E-state index < -0.39 is 34.4 Å². The Morgan fingerprint density at radius 2 is 2.00 bits per heavy atom. The number of carbonyl (C=O) groups excluding carboxylic acids is 2. The van der Waals surface area contributed by atoms with Crippen LogP contribution in [-0.4, -0.2) is 44.4 Å². The van der Waals surface area contributed by atoms with Crippen molar-refractivity contribution in [3.8, 4) is 6.07 Å². The fourth-order valence-corrected chi connectivity index (χ4v) is 3.75. The van der Waals surface area contributed by atoms with Crippen LogP contribution in [-0.2, 0) is 19.4 Å². The second kappa shape index (κ2) is 6.58. The molecule has 1 fully saturated rings. The Kier molecular flexibility index (Phi) is 4.78. The molecule has 22 heavy (non-hydrogen) atoms. The minimum absolute atomic E-state index is 0.0585. The summed E-state index contributed by atoms with van der Waals surface area (Å²) in [6.45, 7) is -0.477. The summed E-state index contributed by atoms with van der Waals surface area (Å²) < 4.78 is 27.4. The highest BCUT2D eigenvalue weighted by molar-refractivity contribution is 7.91. The van der Waals surface area contributed by atoms with E-state index in [1.54, 1.807) is 0 Å². The molecule has 0 aliphatic carbocycles. The first kappa shape index (κ1) is 16.0. The molecule has 0 aromatic heterocycles. The van der Waals surface area contributed by atoms with Crippen LogP contribution in [0.2, 0.25) is 0 Å². The second-order valence-corrected chi connectivity index (χ2v) is 7.16. The summed E-state index contributed by atoms with van der Waals surface area (Å²) in [4.78, 5) is 23.3. The van der Waals surface area contributed by atoms with Crippen molar-refractivity contribution in [2.24, 2.45) is 0 Å². The Balaban J connectivity index is 1.80. The van der Waals surface area contributed by atoms with Gasteiger partial charge in [0.05, 0.1) is 28.7 Å². The lowest BCUT2D eigenvalue weighted by molar-refractivity contribution is -0.124. The molecule has 8 heteroatoms. The van der Waals surface area contributed by atoms with Crippen LogP contribution >= 0.6 is 0 Å². The molecule has 0 spiro atoms. The van der Waals surface area contributed by atoms with Crippen molar-refractivity contribution >= 4 is 21.7 Å². The van der Waals surface area contributed by atoms with Crippen molar-refractivity contribution in [3.05, 3.63) is 35.4 Å². The lowest BCUT2D eigenvalue weighted by Gasteiger charge is -2.11. The van der Waals surface area contributed by atoms with Gasteiger partial charge in [0.25, 0.3) is 5.91 Å². The molecule has 1 N–H and O–H groups in total. The first-order valence-electron chi connectivity index (χ1n) is 6.57. The molecule has 0 radical (unpaired) electrons. The van der Waals surface area contributed by atoms with Gasteiger partial charge in [-0.2, -0.15) is 5.26 Å². The standard InChI is InChI=1S/C14H14N2O5S/c15-7-10-1-3-11(4-2-10)14(18)21-8-13(17)16-12-5-6-22(19,20)9-12/h1-4,12H,5-6,8-9H2,(H,16,17). The van der Waals surface area contributed by atoms with Gasteiger partial charge >= 0.3 is 5.97 Å². The van der Waals surface area contributed by atoms with E-state index in [0.717, 1.165) is 0 Å². The summed E-state index contributed by atoms with van der Waals surface area (Å²) in [6, 6.07) is 7.31. The van der Waals surface area contributed by atoms with Crippen LogP contribution in [0, 0.1) is 11.3 Å². The minimum Gasteiger partial charge on any atom is -0.452 e. The summed E-state index contributed by atoms with van der Waals surface area (Å²) >= 11 is 0. The number of rotatable bonds is 4. The highest BCUT2D eigenvalue weighted by Crippen LogP contribution is 2.11. The van der Waals surface area contributed by atoms with Crippen LogP contribution in [0.25, 0.3) is 0 Å². The van der Waals surface area contributed by atoms with Gasteiger partial charge < -0.3 is 10.1 Å². The monoisotopic (exact) mass is 322 g/mol. The number of amides is 1. The van der Waals surface area contributed by atoms with E-state index in [4.69, 9.17) is 10.00 Å². The summed E-state index contributed by atoms with van der Waals surface area (Å²) in [5, 5.41) is 11.2. The lowest BCUT2D eigenvalue weighted by atomic mass is 10.1. The molecular weight excluding hydrogens is 308 g/mol. The molecule has 1 aromatic rings. The molecule has 1 heterocycles. The molecule has 1 saturated heterocycles. The number of esters is 1. The van der Waals surface area contributed by atoms with Crippen LogP contribution in [0.15, 0.2) is 24.3 Å². The first-order chi connectivity index (χ1) is 10.4. The molecule has 1 amide bonds. The maximum absolute atomic E-state index is 11.7. The van der Waals surface area contributed by atoms with E-state index in [0.29, 0.717) is 12.0 Å². The molecule has 1 aliphatic rings. The number of carbonyl (C=O) groups is 2. The molecule has 7 nitrogen and oxygen atoms in total. The van der Waals surface area contributed by atoms with Gasteiger partial charge in [-0.15, -0.1) is 0 Å². The molecule has 1 aromatic carbocycles.